The van der Waals surface area contributed by atoms with E-state index in [0.29, 0.717) is 64.2 Å². The van der Waals surface area contributed by atoms with Gasteiger partial charge in [-0.2, -0.15) is 0 Å². The number of carbonyl (C=O) groups is 4. The van der Waals surface area contributed by atoms with Gasteiger partial charge in [0.05, 0.1) is 10.5 Å². The van der Waals surface area contributed by atoms with Crippen LogP contribution in [0.1, 0.15) is 167 Å². The molecule has 6 N–H and O–H groups in total. The van der Waals surface area contributed by atoms with Crippen LogP contribution in [0.3, 0.4) is 0 Å². The van der Waals surface area contributed by atoms with Gasteiger partial charge in [0, 0.05) is 36.3 Å². The number of amides is 6. The molecule has 6 amide bonds. The van der Waals surface area contributed by atoms with E-state index in [-0.39, 0.29) is 60.5 Å². The summed E-state index contributed by atoms with van der Waals surface area (Å²) in [5.74, 6) is 0. The zero-order chi connectivity index (χ0) is 38.6. The van der Waals surface area contributed by atoms with Crippen LogP contribution in [0.4, 0.5) is 19.2 Å². The Morgan fingerprint density at radius 1 is 0.364 bits per heavy atom. The summed E-state index contributed by atoms with van der Waals surface area (Å²) in [6.07, 6.45) is 20.1. The third-order valence-electron chi connectivity index (χ3n) is 13.3. The second-order valence-electron chi connectivity index (χ2n) is 17.5. The molecular formula is C40H68N6O8S. The molecule has 14 nitrogen and oxygen atoms in total. The Kier molecular flexibility index (Phi) is 15.5. The van der Waals surface area contributed by atoms with Gasteiger partial charge in [0.1, 0.15) is 12.2 Å². The van der Waals surface area contributed by atoms with Crippen molar-refractivity contribution in [3.63, 3.8) is 0 Å². The van der Waals surface area contributed by atoms with Crippen LogP contribution in [-0.2, 0) is 19.3 Å². The van der Waals surface area contributed by atoms with E-state index >= 15 is 0 Å². The molecule has 6 fully saturated rings. The number of carbonyl (C=O) groups excluding carboxylic acids is 4. The molecule has 4 atom stereocenters. The van der Waals surface area contributed by atoms with Crippen molar-refractivity contribution in [2.45, 2.75) is 226 Å². The van der Waals surface area contributed by atoms with Crippen molar-refractivity contribution in [2.24, 2.45) is 0 Å². The quantitative estimate of drug-likeness (QED) is 0.147. The van der Waals surface area contributed by atoms with Gasteiger partial charge in [-0.15, -0.1) is 0 Å². The van der Waals surface area contributed by atoms with Crippen LogP contribution in [-0.4, -0.2) is 91.6 Å². The maximum Gasteiger partial charge on any atom is 0.407 e. The number of alkyl carbamates (subject to hydrolysis) is 2. The van der Waals surface area contributed by atoms with Gasteiger partial charge in [0.2, 0.25) is 0 Å². The summed E-state index contributed by atoms with van der Waals surface area (Å²) < 4.78 is 38.8. The lowest BCUT2D eigenvalue weighted by molar-refractivity contribution is 0.0706. The second-order valence-corrected chi connectivity index (χ2v) is 20.0. The Morgan fingerprint density at radius 2 is 0.673 bits per heavy atom. The van der Waals surface area contributed by atoms with E-state index in [9.17, 15) is 27.6 Å². The molecule has 0 spiro atoms. The van der Waals surface area contributed by atoms with E-state index < -0.39 is 32.5 Å². The number of urea groups is 2. The van der Waals surface area contributed by atoms with E-state index in [1.54, 1.807) is 0 Å². The maximum absolute atomic E-state index is 13.7. The molecule has 6 aliphatic rings. The fourth-order valence-corrected chi connectivity index (χ4v) is 12.6. The molecule has 0 aromatic rings. The van der Waals surface area contributed by atoms with E-state index in [0.717, 1.165) is 89.9 Å². The first-order valence-electron chi connectivity index (χ1n) is 21.9. The third-order valence-corrected chi connectivity index (χ3v) is 16.1. The first kappa shape index (κ1) is 41.7. The van der Waals surface area contributed by atoms with E-state index in [1.165, 1.54) is 12.8 Å². The Morgan fingerprint density at radius 3 is 1.04 bits per heavy atom. The van der Waals surface area contributed by atoms with Crippen LogP contribution in [0.5, 0.6) is 0 Å². The van der Waals surface area contributed by atoms with Crippen LogP contribution >= 0.6 is 0 Å². The Balaban J connectivity index is 0.837. The van der Waals surface area contributed by atoms with E-state index in [2.05, 4.69) is 31.9 Å². The Hall–Kier alpha value is -2.97. The summed E-state index contributed by atoms with van der Waals surface area (Å²) in [6, 6.07) is 0.123. The van der Waals surface area contributed by atoms with Crippen LogP contribution in [0, 0.1) is 0 Å². The second kappa shape index (κ2) is 20.5. The average Bonchev–Trinajstić information content (AvgIpc) is 3.16. The first-order chi connectivity index (χ1) is 26.6. The summed E-state index contributed by atoms with van der Waals surface area (Å²) in [5.41, 5.74) is 0. The molecule has 0 saturated heterocycles. The van der Waals surface area contributed by atoms with Gasteiger partial charge in [-0.1, -0.05) is 38.5 Å². The van der Waals surface area contributed by atoms with Gasteiger partial charge < -0.3 is 41.4 Å². The molecule has 6 rings (SSSR count). The zero-order valence-corrected chi connectivity index (χ0v) is 33.6. The van der Waals surface area contributed by atoms with Crippen LogP contribution in [0.25, 0.3) is 0 Å². The van der Waals surface area contributed by atoms with Crippen molar-refractivity contribution in [3.8, 4) is 0 Å². The molecule has 4 unspecified atom stereocenters. The van der Waals surface area contributed by atoms with E-state index in [4.69, 9.17) is 9.47 Å². The van der Waals surface area contributed by atoms with Gasteiger partial charge in [0.15, 0.2) is 9.84 Å². The fraction of sp³-hybridized carbons (Fsp3) is 0.900. The number of rotatable bonds is 10. The minimum absolute atomic E-state index is 0.00618. The van der Waals surface area contributed by atoms with Crippen molar-refractivity contribution in [1.82, 2.24) is 31.9 Å². The monoisotopic (exact) mass is 792 g/mol. The fourth-order valence-electron chi connectivity index (χ4n) is 10.2. The number of hydrogen-bond donors (Lipinski definition) is 6. The molecule has 55 heavy (non-hydrogen) atoms. The lowest BCUT2D eigenvalue weighted by Crippen LogP contribution is -2.51. The summed E-state index contributed by atoms with van der Waals surface area (Å²) in [4.78, 5) is 50.7. The number of ether oxygens (including phenoxy) is 2. The molecule has 15 heteroatoms. The number of hydrogen-bond acceptors (Lipinski definition) is 8. The highest BCUT2D eigenvalue weighted by Gasteiger charge is 2.40. The largest absolute Gasteiger partial charge is 0.446 e. The Bertz CT molecular complexity index is 1280. The highest BCUT2D eigenvalue weighted by molar-refractivity contribution is 7.92. The molecule has 6 aliphatic carbocycles. The first-order valence-corrected chi connectivity index (χ1v) is 23.5. The van der Waals surface area contributed by atoms with Crippen LogP contribution in [0.15, 0.2) is 0 Å². The van der Waals surface area contributed by atoms with Crippen molar-refractivity contribution >= 4 is 34.1 Å². The Labute approximate surface area is 328 Å². The molecule has 0 radical (unpaired) electrons. The van der Waals surface area contributed by atoms with Crippen LogP contribution < -0.4 is 31.9 Å². The molecule has 0 aliphatic heterocycles. The normalized spacial score (nSPS) is 32.6. The third kappa shape index (κ3) is 13.0. The highest BCUT2D eigenvalue weighted by atomic mass is 32.2. The number of sulfone groups is 1. The molecular weight excluding hydrogens is 725 g/mol. The minimum Gasteiger partial charge on any atom is -0.446 e. The van der Waals surface area contributed by atoms with E-state index in [1.807, 2.05) is 0 Å². The molecule has 312 valence electrons. The summed E-state index contributed by atoms with van der Waals surface area (Å²) in [5, 5.41) is 17.5. The SMILES string of the molecule is O=C(NC1CCCCC1)NC1CCCC(NC(=O)OC2CCC(S(=O)(=O)C3CCC(OC(=O)NC4CCCC(NC(=O)NC5CCCCC5)C4)CC3)CC2)C1. The van der Waals surface area contributed by atoms with Crippen molar-refractivity contribution in [1.29, 1.82) is 0 Å². The summed E-state index contributed by atoms with van der Waals surface area (Å²) >= 11 is 0. The molecule has 0 heterocycles. The van der Waals surface area contributed by atoms with Gasteiger partial charge in [-0.3, -0.25) is 0 Å². The van der Waals surface area contributed by atoms with Crippen molar-refractivity contribution < 1.29 is 37.1 Å². The van der Waals surface area contributed by atoms with Crippen molar-refractivity contribution in [3.05, 3.63) is 0 Å². The zero-order valence-electron chi connectivity index (χ0n) is 32.8. The van der Waals surface area contributed by atoms with Gasteiger partial charge in [-0.25, -0.2) is 27.6 Å². The molecule has 0 aromatic carbocycles. The predicted molar refractivity (Wildman–Crippen MR) is 209 cm³/mol. The van der Waals surface area contributed by atoms with Gasteiger partial charge >= 0.3 is 24.2 Å². The molecule has 0 aromatic heterocycles. The smallest absolute Gasteiger partial charge is 0.407 e. The summed E-state index contributed by atoms with van der Waals surface area (Å²) in [7, 11) is -3.38. The molecule has 0 bridgehead atoms. The number of nitrogens with one attached hydrogen (secondary N) is 6. The van der Waals surface area contributed by atoms with Gasteiger partial charge in [0.25, 0.3) is 0 Å². The minimum atomic E-state index is -3.38. The highest BCUT2D eigenvalue weighted by Crippen LogP contribution is 2.34. The topological polar surface area (TPSA) is 193 Å². The summed E-state index contributed by atoms with van der Waals surface area (Å²) in [6.45, 7) is 0. The average molecular weight is 793 g/mol. The van der Waals surface area contributed by atoms with Crippen LogP contribution in [0.2, 0.25) is 0 Å². The van der Waals surface area contributed by atoms with Crippen molar-refractivity contribution in [2.75, 3.05) is 0 Å². The lowest BCUT2D eigenvalue weighted by Gasteiger charge is -2.35. The predicted octanol–water partition coefficient (Wildman–Crippen LogP) is 6.36. The van der Waals surface area contributed by atoms with Gasteiger partial charge in [-0.05, 0) is 128 Å². The maximum atomic E-state index is 13.7. The lowest BCUT2D eigenvalue weighted by atomic mass is 9.91. The standard InChI is InChI=1S/C40H68N6O8S/c47-37(41-27-9-3-1-4-10-27)43-29-13-7-15-31(25-29)45-39(49)53-33-17-21-35(22-18-33)55(51,52)36-23-19-34(20-24-36)54-40(50)46-32-16-8-14-30(26-32)44-38(48)42-28-11-5-2-6-12-28/h27-36H,1-26H2,(H,45,49)(H,46,50)(H2,41,43,47)(H2,42,44,48). The molecule has 6 saturated carbocycles.